The summed E-state index contributed by atoms with van der Waals surface area (Å²) in [5.41, 5.74) is 3.31. The highest BCUT2D eigenvalue weighted by atomic mass is 16.2. The van der Waals surface area contributed by atoms with Crippen LogP contribution in [-0.4, -0.2) is 20.7 Å². The number of carbonyl (C=O) groups excluding carboxylic acids is 1. The van der Waals surface area contributed by atoms with Gasteiger partial charge in [-0.2, -0.15) is 9.80 Å². The zero-order chi connectivity index (χ0) is 21.6. The third-order valence-electron chi connectivity index (χ3n) is 4.79. The number of H-pyrrole nitrogens is 1. The van der Waals surface area contributed by atoms with Crippen molar-refractivity contribution in [2.24, 2.45) is 10.2 Å². The van der Waals surface area contributed by atoms with Gasteiger partial charge in [-0.05, 0) is 41.8 Å². The number of hydrogen-bond acceptors (Lipinski definition) is 5. The van der Waals surface area contributed by atoms with Crippen LogP contribution in [-0.2, 0) is 6.42 Å². The smallest absolute Gasteiger partial charge is 0.290 e. The van der Waals surface area contributed by atoms with Crippen LogP contribution < -0.4 is 5.56 Å². The molecule has 0 aliphatic heterocycles. The Labute approximate surface area is 179 Å². The fraction of sp³-hybridized carbons (Fsp3) is 0.125. The van der Waals surface area contributed by atoms with E-state index in [4.69, 9.17) is 0 Å². The van der Waals surface area contributed by atoms with E-state index in [-0.39, 0.29) is 5.69 Å². The Morgan fingerprint density at radius 3 is 2.39 bits per heavy atom. The van der Waals surface area contributed by atoms with Gasteiger partial charge in [0.25, 0.3) is 5.91 Å². The highest BCUT2D eigenvalue weighted by Gasteiger charge is 2.19. The molecule has 4 rings (SSSR count). The van der Waals surface area contributed by atoms with Crippen LogP contribution in [0, 0.1) is 0 Å². The molecule has 0 atom stereocenters. The van der Waals surface area contributed by atoms with Crippen molar-refractivity contribution in [2.45, 2.75) is 19.8 Å². The van der Waals surface area contributed by atoms with E-state index >= 15 is 0 Å². The lowest BCUT2D eigenvalue weighted by Gasteiger charge is -2.01. The summed E-state index contributed by atoms with van der Waals surface area (Å²) in [6.45, 7) is 1.99. The summed E-state index contributed by atoms with van der Waals surface area (Å²) in [4.78, 5) is 29.5. The molecule has 0 aliphatic carbocycles. The van der Waals surface area contributed by atoms with Gasteiger partial charge < -0.3 is 0 Å². The Balaban J connectivity index is 1.63. The van der Waals surface area contributed by atoms with E-state index in [0.29, 0.717) is 23.4 Å². The van der Waals surface area contributed by atoms with E-state index in [1.54, 1.807) is 18.3 Å². The van der Waals surface area contributed by atoms with Crippen molar-refractivity contribution in [3.63, 3.8) is 0 Å². The number of carbonyl (C=O) groups is 1. The topological polar surface area (TPSA) is 92.5 Å². The number of pyridine rings is 1. The molecule has 0 saturated carbocycles. The molecule has 0 unspecified atom stereocenters. The molecule has 1 N–H and O–H groups in total. The summed E-state index contributed by atoms with van der Waals surface area (Å²) in [5, 5.41) is 11.3. The maximum atomic E-state index is 12.9. The van der Waals surface area contributed by atoms with Gasteiger partial charge >= 0.3 is 5.56 Å². The molecule has 31 heavy (non-hydrogen) atoms. The highest BCUT2D eigenvalue weighted by molar-refractivity contribution is 5.95. The van der Waals surface area contributed by atoms with Gasteiger partial charge in [-0.25, -0.2) is 0 Å². The fourth-order valence-electron chi connectivity index (χ4n) is 3.22. The van der Waals surface area contributed by atoms with Crippen LogP contribution >= 0.6 is 0 Å². The molecular weight excluding hydrogens is 390 g/mol. The molecule has 0 aliphatic rings. The van der Waals surface area contributed by atoms with Crippen molar-refractivity contribution in [1.29, 1.82) is 0 Å². The Bertz CT molecular complexity index is 1260. The zero-order valence-corrected chi connectivity index (χ0v) is 17.0. The second-order valence-corrected chi connectivity index (χ2v) is 6.99. The molecule has 0 bridgehead atoms. The average molecular weight is 411 g/mol. The van der Waals surface area contributed by atoms with Crippen molar-refractivity contribution in [1.82, 2.24) is 14.8 Å². The SMILES string of the molecule is CCCc1[nH]n(C(=O)c2cccnc2)c(=O)c1N=Nc1ccc(-c2ccccc2)cc1. The summed E-state index contributed by atoms with van der Waals surface area (Å²) in [6, 6.07) is 20.9. The number of aryl methyl sites for hydroxylation is 1. The molecule has 4 aromatic rings. The minimum absolute atomic E-state index is 0.145. The molecule has 0 spiro atoms. The third-order valence-corrected chi connectivity index (χ3v) is 4.79. The van der Waals surface area contributed by atoms with Crippen molar-refractivity contribution >= 4 is 17.3 Å². The first-order valence-corrected chi connectivity index (χ1v) is 10.0. The zero-order valence-electron chi connectivity index (χ0n) is 17.0. The number of rotatable bonds is 6. The van der Waals surface area contributed by atoms with Gasteiger partial charge in [-0.1, -0.05) is 55.8 Å². The van der Waals surface area contributed by atoms with Crippen LogP contribution in [0.1, 0.15) is 29.4 Å². The first-order chi connectivity index (χ1) is 15.2. The summed E-state index contributed by atoms with van der Waals surface area (Å²) < 4.78 is 0.967. The van der Waals surface area contributed by atoms with Gasteiger partial charge in [0.15, 0.2) is 5.69 Å². The number of nitrogens with one attached hydrogen (secondary N) is 1. The lowest BCUT2D eigenvalue weighted by Crippen LogP contribution is -2.25. The monoisotopic (exact) mass is 411 g/mol. The van der Waals surface area contributed by atoms with Crippen LogP contribution in [0.25, 0.3) is 11.1 Å². The summed E-state index contributed by atoms with van der Waals surface area (Å²) >= 11 is 0. The summed E-state index contributed by atoms with van der Waals surface area (Å²) in [7, 11) is 0. The largest absolute Gasteiger partial charge is 0.302 e. The van der Waals surface area contributed by atoms with Crippen LogP contribution in [0.2, 0.25) is 0 Å². The van der Waals surface area contributed by atoms with Crippen LogP contribution in [0.15, 0.2) is 94.1 Å². The van der Waals surface area contributed by atoms with E-state index in [1.807, 2.05) is 61.5 Å². The Morgan fingerprint density at radius 2 is 1.71 bits per heavy atom. The molecule has 2 aromatic heterocycles. The normalized spacial score (nSPS) is 11.1. The molecule has 2 aromatic carbocycles. The average Bonchev–Trinajstić information content (AvgIpc) is 3.14. The number of azo groups is 1. The molecule has 154 valence electrons. The van der Waals surface area contributed by atoms with E-state index < -0.39 is 11.5 Å². The van der Waals surface area contributed by atoms with Gasteiger partial charge in [0, 0.05) is 12.4 Å². The van der Waals surface area contributed by atoms with Gasteiger partial charge in [-0.15, -0.1) is 5.11 Å². The van der Waals surface area contributed by atoms with Gasteiger partial charge in [0.05, 0.1) is 16.9 Å². The first kappa shape index (κ1) is 20.2. The molecule has 0 fully saturated rings. The van der Waals surface area contributed by atoms with Crippen molar-refractivity contribution in [3.05, 3.63) is 101 Å². The van der Waals surface area contributed by atoms with Crippen molar-refractivity contribution < 1.29 is 4.79 Å². The number of nitrogens with zero attached hydrogens (tertiary/aromatic N) is 4. The fourth-order valence-corrected chi connectivity index (χ4v) is 3.22. The maximum Gasteiger partial charge on any atom is 0.302 e. The van der Waals surface area contributed by atoms with E-state index in [0.717, 1.165) is 22.2 Å². The molecule has 0 amide bonds. The number of aromatic amines is 1. The lowest BCUT2D eigenvalue weighted by atomic mass is 10.1. The molecular formula is C24H21N5O2. The highest BCUT2D eigenvalue weighted by Crippen LogP contribution is 2.24. The second-order valence-electron chi connectivity index (χ2n) is 6.99. The van der Waals surface area contributed by atoms with E-state index in [1.165, 1.54) is 6.20 Å². The Kier molecular flexibility index (Phi) is 5.93. The minimum Gasteiger partial charge on any atom is -0.290 e. The molecule has 0 saturated heterocycles. The van der Waals surface area contributed by atoms with E-state index in [2.05, 4.69) is 20.3 Å². The predicted molar refractivity (Wildman–Crippen MR) is 119 cm³/mol. The lowest BCUT2D eigenvalue weighted by molar-refractivity contribution is 0.0940. The van der Waals surface area contributed by atoms with Gasteiger partial charge in [-0.3, -0.25) is 19.7 Å². The standard InChI is InChI=1S/C24H21N5O2/c1-2-7-21-22(24(31)29(28-21)23(30)19-10-6-15-25-16-19)27-26-20-13-11-18(12-14-20)17-8-4-3-5-9-17/h3-6,8-16,28H,2,7H2,1H3. The number of benzene rings is 2. The van der Waals surface area contributed by atoms with Crippen molar-refractivity contribution in [2.75, 3.05) is 0 Å². The van der Waals surface area contributed by atoms with Gasteiger partial charge in [0.1, 0.15) is 0 Å². The predicted octanol–water partition coefficient (Wildman–Crippen LogP) is 5.29. The number of hydrogen-bond donors (Lipinski definition) is 1. The molecule has 7 heteroatoms. The van der Waals surface area contributed by atoms with Crippen molar-refractivity contribution in [3.8, 4) is 11.1 Å². The molecule has 2 heterocycles. The Morgan fingerprint density at radius 1 is 0.968 bits per heavy atom. The van der Waals surface area contributed by atoms with Crippen LogP contribution in [0.5, 0.6) is 0 Å². The molecule has 7 nitrogen and oxygen atoms in total. The van der Waals surface area contributed by atoms with Crippen LogP contribution in [0.4, 0.5) is 11.4 Å². The summed E-state index contributed by atoms with van der Waals surface area (Å²) in [6.07, 6.45) is 4.35. The van der Waals surface area contributed by atoms with Gasteiger partial charge in [0.2, 0.25) is 0 Å². The second kappa shape index (κ2) is 9.13. The molecule has 0 radical (unpaired) electrons. The van der Waals surface area contributed by atoms with Crippen LogP contribution in [0.3, 0.4) is 0 Å². The van der Waals surface area contributed by atoms with E-state index in [9.17, 15) is 9.59 Å². The third kappa shape index (κ3) is 4.40. The number of aromatic nitrogens is 3. The maximum absolute atomic E-state index is 12.9. The summed E-state index contributed by atoms with van der Waals surface area (Å²) in [5.74, 6) is -0.482. The minimum atomic E-state index is -0.526. The first-order valence-electron chi connectivity index (χ1n) is 10.0. The quantitative estimate of drug-likeness (QED) is 0.437. The Hall–Kier alpha value is -4.13.